The third kappa shape index (κ3) is 4.24. The summed E-state index contributed by atoms with van der Waals surface area (Å²) in [7, 11) is 0. The Morgan fingerprint density at radius 2 is 2.10 bits per heavy atom. The Kier molecular flexibility index (Phi) is 4.81. The smallest absolute Gasteiger partial charge is 0.344 e. The number of nitrogens with two attached hydrogens (primary N) is 1. The maximum atomic E-state index is 11.6. The number of carbonyl (C=O) groups excluding carboxylic acids is 1. The van der Waals surface area contributed by atoms with Crippen LogP contribution >= 0.6 is 0 Å². The Morgan fingerprint density at radius 1 is 1.33 bits per heavy atom. The minimum absolute atomic E-state index is 0.131. The van der Waals surface area contributed by atoms with Gasteiger partial charge in [0.1, 0.15) is 12.4 Å². The number of nitrogen functional groups attached to an aromatic ring is 1. The first-order chi connectivity index (χ1) is 10.1. The lowest BCUT2D eigenvalue weighted by atomic mass is 10.3. The van der Waals surface area contributed by atoms with Gasteiger partial charge in [-0.05, 0) is 32.0 Å². The number of rotatable bonds is 6. The molecule has 0 bridgehead atoms. The van der Waals surface area contributed by atoms with Gasteiger partial charge in [-0.1, -0.05) is 12.1 Å². The molecule has 6 nitrogen and oxygen atoms in total. The second-order valence-corrected chi connectivity index (χ2v) is 4.87. The Balaban J connectivity index is 1.78. The molecule has 6 heteroatoms. The van der Waals surface area contributed by atoms with Crippen LogP contribution in [-0.4, -0.2) is 22.4 Å². The van der Waals surface area contributed by atoms with Crippen molar-refractivity contribution in [1.29, 1.82) is 0 Å². The Hall–Kier alpha value is -2.50. The molecular weight excluding hydrogens is 270 g/mol. The van der Waals surface area contributed by atoms with Gasteiger partial charge in [0.05, 0.1) is 11.4 Å². The summed E-state index contributed by atoms with van der Waals surface area (Å²) in [5, 5.41) is 4.29. The van der Waals surface area contributed by atoms with E-state index in [9.17, 15) is 4.79 Å². The molecule has 112 valence electrons. The molecule has 21 heavy (non-hydrogen) atoms. The van der Waals surface area contributed by atoms with E-state index >= 15 is 0 Å². The normalized spacial score (nSPS) is 10.6. The van der Waals surface area contributed by atoms with Gasteiger partial charge in [0.25, 0.3) is 0 Å². The van der Waals surface area contributed by atoms with Gasteiger partial charge in [-0.2, -0.15) is 5.10 Å². The molecule has 0 aliphatic heterocycles. The molecule has 0 saturated carbocycles. The fourth-order valence-electron chi connectivity index (χ4n) is 1.69. The van der Waals surface area contributed by atoms with Crippen molar-refractivity contribution in [2.75, 3.05) is 12.3 Å². The van der Waals surface area contributed by atoms with E-state index in [1.54, 1.807) is 24.3 Å². The Morgan fingerprint density at radius 3 is 2.76 bits per heavy atom. The van der Waals surface area contributed by atoms with Crippen LogP contribution in [-0.2, 0) is 16.1 Å². The van der Waals surface area contributed by atoms with E-state index in [2.05, 4.69) is 5.10 Å². The van der Waals surface area contributed by atoms with Gasteiger partial charge in [0.15, 0.2) is 6.61 Å². The quantitative estimate of drug-likeness (QED) is 0.651. The SMILES string of the molecule is CC(C)n1ccc(COC(=O)COc2ccccc2N)n1. The highest BCUT2D eigenvalue weighted by Gasteiger charge is 2.08. The van der Waals surface area contributed by atoms with Gasteiger partial charge in [-0.25, -0.2) is 4.79 Å². The number of carbonyl (C=O) groups is 1. The maximum absolute atomic E-state index is 11.6. The van der Waals surface area contributed by atoms with Gasteiger partial charge in [-0.3, -0.25) is 4.68 Å². The van der Waals surface area contributed by atoms with Gasteiger partial charge in [0, 0.05) is 12.2 Å². The van der Waals surface area contributed by atoms with E-state index in [1.807, 2.05) is 30.8 Å². The van der Waals surface area contributed by atoms with Crippen LogP contribution in [0, 0.1) is 0 Å². The molecule has 0 spiro atoms. The number of anilines is 1. The summed E-state index contributed by atoms with van der Waals surface area (Å²) in [4.78, 5) is 11.6. The standard InChI is InChI=1S/C15H19N3O3/c1-11(2)18-8-7-12(17-18)9-21-15(19)10-20-14-6-4-3-5-13(14)16/h3-8,11H,9-10,16H2,1-2H3. The first-order valence-corrected chi connectivity index (χ1v) is 6.73. The van der Waals surface area contributed by atoms with Crippen LogP contribution < -0.4 is 10.5 Å². The molecule has 0 saturated heterocycles. The number of ether oxygens (including phenoxy) is 2. The molecule has 2 aromatic rings. The van der Waals surface area contributed by atoms with Crippen molar-refractivity contribution in [2.45, 2.75) is 26.5 Å². The highest BCUT2D eigenvalue weighted by Crippen LogP contribution is 2.19. The van der Waals surface area contributed by atoms with Crippen LogP contribution in [0.25, 0.3) is 0 Å². The molecule has 1 aromatic carbocycles. The lowest BCUT2D eigenvalue weighted by molar-refractivity contribution is -0.147. The highest BCUT2D eigenvalue weighted by atomic mass is 16.6. The molecule has 0 fully saturated rings. The number of para-hydroxylation sites is 2. The third-order valence-corrected chi connectivity index (χ3v) is 2.84. The molecule has 1 heterocycles. The first-order valence-electron chi connectivity index (χ1n) is 6.73. The Labute approximate surface area is 123 Å². The number of aromatic nitrogens is 2. The molecule has 0 aliphatic carbocycles. The van der Waals surface area contributed by atoms with Crippen molar-refractivity contribution < 1.29 is 14.3 Å². The summed E-state index contributed by atoms with van der Waals surface area (Å²) in [6.45, 7) is 4.01. The van der Waals surface area contributed by atoms with Crippen molar-refractivity contribution in [3.63, 3.8) is 0 Å². The van der Waals surface area contributed by atoms with E-state index in [-0.39, 0.29) is 19.3 Å². The fraction of sp³-hybridized carbons (Fsp3) is 0.333. The maximum Gasteiger partial charge on any atom is 0.344 e. The number of esters is 1. The summed E-state index contributed by atoms with van der Waals surface area (Å²) in [5.41, 5.74) is 6.90. The minimum atomic E-state index is -0.461. The van der Waals surface area contributed by atoms with E-state index in [1.165, 1.54) is 0 Å². The molecule has 0 amide bonds. The second-order valence-electron chi connectivity index (χ2n) is 4.87. The summed E-state index contributed by atoms with van der Waals surface area (Å²) in [6.07, 6.45) is 1.86. The van der Waals surface area contributed by atoms with Crippen LogP contribution in [0.1, 0.15) is 25.6 Å². The Bertz CT molecular complexity index is 608. The zero-order valence-corrected chi connectivity index (χ0v) is 12.2. The van der Waals surface area contributed by atoms with Crippen LogP contribution in [0.5, 0.6) is 5.75 Å². The van der Waals surface area contributed by atoms with Crippen LogP contribution in [0.4, 0.5) is 5.69 Å². The third-order valence-electron chi connectivity index (χ3n) is 2.84. The molecule has 2 rings (SSSR count). The highest BCUT2D eigenvalue weighted by molar-refractivity contribution is 5.71. The van der Waals surface area contributed by atoms with Crippen LogP contribution in [0.2, 0.25) is 0 Å². The molecular formula is C15H19N3O3. The number of hydrogen-bond acceptors (Lipinski definition) is 5. The van der Waals surface area contributed by atoms with Crippen LogP contribution in [0.3, 0.4) is 0 Å². The number of nitrogens with zero attached hydrogens (tertiary/aromatic N) is 2. The van der Waals surface area contributed by atoms with Crippen LogP contribution in [0.15, 0.2) is 36.5 Å². The lowest BCUT2D eigenvalue weighted by Crippen LogP contribution is -2.15. The second kappa shape index (κ2) is 6.78. The van der Waals surface area contributed by atoms with E-state index in [4.69, 9.17) is 15.2 Å². The van der Waals surface area contributed by atoms with Gasteiger partial charge in [-0.15, -0.1) is 0 Å². The average Bonchev–Trinajstić information content (AvgIpc) is 2.93. The molecule has 0 unspecified atom stereocenters. The zero-order chi connectivity index (χ0) is 15.2. The van der Waals surface area contributed by atoms with Crippen molar-refractivity contribution in [2.24, 2.45) is 0 Å². The van der Waals surface area contributed by atoms with Crippen molar-refractivity contribution in [1.82, 2.24) is 9.78 Å². The lowest BCUT2D eigenvalue weighted by Gasteiger charge is -2.08. The zero-order valence-electron chi connectivity index (χ0n) is 12.2. The van der Waals surface area contributed by atoms with E-state index < -0.39 is 5.97 Å². The minimum Gasteiger partial charge on any atom is -0.480 e. The van der Waals surface area contributed by atoms with Crippen molar-refractivity contribution in [3.8, 4) is 5.75 Å². The monoisotopic (exact) mass is 289 g/mol. The number of benzene rings is 1. The number of hydrogen-bond donors (Lipinski definition) is 1. The predicted octanol–water partition coefficient (Wildman–Crippen LogP) is 2.17. The molecule has 1 aromatic heterocycles. The predicted molar refractivity (Wildman–Crippen MR) is 78.8 cm³/mol. The summed E-state index contributed by atoms with van der Waals surface area (Å²) < 4.78 is 12.2. The van der Waals surface area contributed by atoms with E-state index in [0.717, 1.165) is 0 Å². The van der Waals surface area contributed by atoms with Gasteiger partial charge in [0.2, 0.25) is 0 Å². The summed E-state index contributed by atoms with van der Waals surface area (Å²) in [5.74, 6) is 0.0101. The fourth-order valence-corrected chi connectivity index (χ4v) is 1.69. The van der Waals surface area contributed by atoms with Gasteiger partial charge < -0.3 is 15.2 Å². The van der Waals surface area contributed by atoms with Crippen molar-refractivity contribution in [3.05, 3.63) is 42.2 Å². The average molecular weight is 289 g/mol. The molecule has 2 N–H and O–H groups in total. The largest absolute Gasteiger partial charge is 0.480 e. The summed E-state index contributed by atoms with van der Waals surface area (Å²) in [6, 6.07) is 9.09. The summed E-state index contributed by atoms with van der Waals surface area (Å²) >= 11 is 0. The van der Waals surface area contributed by atoms with E-state index in [0.29, 0.717) is 17.1 Å². The van der Waals surface area contributed by atoms with Gasteiger partial charge >= 0.3 is 5.97 Å². The first kappa shape index (κ1) is 14.9. The molecule has 0 radical (unpaired) electrons. The molecule has 0 aliphatic rings. The molecule has 0 atom stereocenters. The van der Waals surface area contributed by atoms with Crippen molar-refractivity contribution >= 4 is 11.7 Å². The topological polar surface area (TPSA) is 79.4 Å².